The summed E-state index contributed by atoms with van der Waals surface area (Å²) in [5.74, 6) is -2.09. The third-order valence-corrected chi connectivity index (χ3v) is 13.1. The van der Waals surface area contributed by atoms with Gasteiger partial charge in [-0.1, -0.05) is 175 Å². The Labute approximate surface area is 467 Å². The van der Waals surface area contributed by atoms with Crippen LogP contribution in [0, 0.1) is 0 Å². The highest BCUT2D eigenvalue weighted by atomic mass is 16.7. The molecular formula is C61H113NO15. The monoisotopic (exact) mass is 1100 g/mol. The SMILES string of the molecule is CCCCCCCC(=O)OCCCCCCCCC(=O)O.CCCCCCCC(=O)OCCCCCCCCC(=O)O.CCCCCCCC(=O)OCCCCCCCCC(=O)O[C@H]1CC[C@@H](COC(=O)CCN(C)C)O1. The van der Waals surface area contributed by atoms with Crippen molar-refractivity contribution in [3.8, 4) is 0 Å². The largest absolute Gasteiger partial charge is 0.481 e. The number of carboxylic acid groups (broad SMARTS) is 2. The highest BCUT2D eigenvalue weighted by Crippen LogP contribution is 2.22. The maximum atomic E-state index is 12.0. The van der Waals surface area contributed by atoms with Crippen LogP contribution in [0.4, 0.5) is 0 Å². The Morgan fingerprint density at radius 2 is 0.675 bits per heavy atom. The van der Waals surface area contributed by atoms with Crippen molar-refractivity contribution in [3.05, 3.63) is 0 Å². The topological polar surface area (TPSA) is 219 Å². The smallest absolute Gasteiger partial charge is 0.308 e. The van der Waals surface area contributed by atoms with Gasteiger partial charge in [-0.25, -0.2) is 0 Å². The second kappa shape index (κ2) is 58.4. The van der Waals surface area contributed by atoms with E-state index < -0.39 is 18.2 Å². The van der Waals surface area contributed by atoms with Crippen LogP contribution in [0.25, 0.3) is 0 Å². The van der Waals surface area contributed by atoms with Crippen LogP contribution in [0.5, 0.6) is 0 Å². The van der Waals surface area contributed by atoms with Crippen molar-refractivity contribution in [2.75, 3.05) is 47.1 Å². The first-order valence-electron chi connectivity index (χ1n) is 30.8. The van der Waals surface area contributed by atoms with Crippen LogP contribution < -0.4 is 0 Å². The number of esters is 5. The standard InChI is InChI=1S/C27H49NO7.2C17H32O4/c1-4-5-6-9-12-15-24(29)32-21-14-11-8-7-10-13-16-26(31)35-27-18-17-23(34-27)22-33-25(30)19-20-28(2)3;2*1-2-3-4-7-11-14-17(20)21-15-12-9-6-5-8-10-13-16(18)19/h23,27H,4-22H2,1-3H3;2*2-15H2,1H3,(H,18,19)/t23-,27-;;/m0../s1. The van der Waals surface area contributed by atoms with Gasteiger partial charge in [0, 0.05) is 51.5 Å². The summed E-state index contributed by atoms with van der Waals surface area (Å²) in [5, 5.41) is 17.0. The molecule has 0 unspecified atom stereocenters. The zero-order valence-corrected chi connectivity index (χ0v) is 49.5. The van der Waals surface area contributed by atoms with E-state index >= 15 is 0 Å². The van der Waals surface area contributed by atoms with Gasteiger partial charge in [0.05, 0.1) is 32.3 Å². The molecule has 16 nitrogen and oxygen atoms in total. The van der Waals surface area contributed by atoms with E-state index in [2.05, 4.69) is 20.8 Å². The quantitative estimate of drug-likeness (QED) is 0.0329. The van der Waals surface area contributed by atoms with Gasteiger partial charge in [0.2, 0.25) is 6.29 Å². The Bertz CT molecular complexity index is 1370. The molecule has 1 fully saturated rings. The summed E-state index contributed by atoms with van der Waals surface area (Å²) < 4.78 is 32.0. The summed E-state index contributed by atoms with van der Waals surface area (Å²) in [6.07, 6.45) is 38.3. The van der Waals surface area contributed by atoms with Crippen molar-refractivity contribution in [1.29, 1.82) is 0 Å². The molecule has 77 heavy (non-hydrogen) atoms. The summed E-state index contributed by atoms with van der Waals surface area (Å²) >= 11 is 0. The van der Waals surface area contributed by atoms with Crippen LogP contribution in [-0.2, 0) is 62.0 Å². The number of carbonyl (C=O) groups excluding carboxylic acids is 5. The van der Waals surface area contributed by atoms with E-state index in [1.807, 2.05) is 19.0 Å². The lowest BCUT2D eigenvalue weighted by atomic mass is 10.1. The van der Waals surface area contributed by atoms with Gasteiger partial charge in [0.1, 0.15) is 6.61 Å². The van der Waals surface area contributed by atoms with Crippen LogP contribution >= 0.6 is 0 Å². The summed E-state index contributed by atoms with van der Waals surface area (Å²) in [5.41, 5.74) is 0. The predicted octanol–water partition coefficient (Wildman–Crippen LogP) is 14.6. The molecule has 2 N–H and O–H groups in total. The molecule has 1 aliphatic heterocycles. The minimum Gasteiger partial charge on any atom is -0.481 e. The van der Waals surface area contributed by atoms with E-state index in [-0.39, 0.29) is 55.4 Å². The van der Waals surface area contributed by atoms with Crippen molar-refractivity contribution in [2.24, 2.45) is 0 Å². The molecule has 1 aliphatic rings. The predicted molar refractivity (Wildman–Crippen MR) is 303 cm³/mol. The number of hydrogen-bond donors (Lipinski definition) is 2. The molecule has 16 heteroatoms. The summed E-state index contributed by atoms with van der Waals surface area (Å²) in [6, 6.07) is 0. The first-order chi connectivity index (χ1) is 37.2. The maximum absolute atomic E-state index is 12.0. The summed E-state index contributed by atoms with van der Waals surface area (Å²) in [6.45, 7) is 8.98. The van der Waals surface area contributed by atoms with Crippen molar-refractivity contribution < 1.29 is 72.2 Å². The zero-order valence-electron chi connectivity index (χ0n) is 49.5. The Balaban J connectivity index is 0. The molecule has 0 amide bonds. The van der Waals surface area contributed by atoms with Crippen molar-refractivity contribution in [1.82, 2.24) is 4.90 Å². The van der Waals surface area contributed by atoms with Gasteiger partial charge in [-0.3, -0.25) is 33.6 Å². The van der Waals surface area contributed by atoms with Crippen LogP contribution in [0.2, 0.25) is 0 Å². The van der Waals surface area contributed by atoms with Crippen molar-refractivity contribution in [2.45, 2.75) is 303 Å². The minimum absolute atomic E-state index is 0.0621. The molecular weight excluding hydrogens is 987 g/mol. The molecule has 0 saturated carbocycles. The Hall–Kier alpha value is -3.79. The number of carboxylic acids is 2. The molecule has 1 saturated heterocycles. The van der Waals surface area contributed by atoms with E-state index in [0.29, 0.717) is 71.3 Å². The Morgan fingerprint density at radius 3 is 1.01 bits per heavy atom. The first-order valence-corrected chi connectivity index (χ1v) is 30.8. The van der Waals surface area contributed by atoms with Crippen molar-refractivity contribution in [3.63, 3.8) is 0 Å². The average Bonchev–Trinajstić information content (AvgIpc) is 3.84. The number of aliphatic carboxylic acids is 2. The molecule has 0 spiro atoms. The van der Waals surface area contributed by atoms with E-state index in [1.165, 1.54) is 57.8 Å². The second-order valence-corrected chi connectivity index (χ2v) is 21.0. The number of unbranched alkanes of at least 4 members (excludes halogenated alkanes) is 27. The maximum Gasteiger partial charge on any atom is 0.308 e. The second-order valence-electron chi connectivity index (χ2n) is 21.0. The Kier molecular flexibility index (Phi) is 57.1. The molecule has 452 valence electrons. The van der Waals surface area contributed by atoms with E-state index in [9.17, 15) is 33.6 Å². The van der Waals surface area contributed by atoms with Crippen molar-refractivity contribution >= 4 is 41.8 Å². The third-order valence-electron chi connectivity index (χ3n) is 13.1. The van der Waals surface area contributed by atoms with Gasteiger partial charge in [-0.15, -0.1) is 0 Å². The van der Waals surface area contributed by atoms with E-state index in [0.717, 1.165) is 154 Å². The lowest BCUT2D eigenvalue weighted by molar-refractivity contribution is -0.180. The minimum atomic E-state index is -0.711. The van der Waals surface area contributed by atoms with Crippen LogP contribution in [0.15, 0.2) is 0 Å². The first kappa shape index (κ1) is 75.3. The summed E-state index contributed by atoms with van der Waals surface area (Å²) in [4.78, 5) is 80.8. The van der Waals surface area contributed by atoms with Gasteiger partial charge >= 0.3 is 41.8 Å². The van der Waals surface area contributed by atoms with Gasteiger partial charge in [-0.2, -0.15) is 0 Å². The van der Waals surface area contributed by atoms with Gasteiger partial charge < -0.3 is 43.5 Å². The zero-order chi connectivity index (χ0) is 57.3. The van der Waals surface area contributed by atoms with Gasteiger partial charge in [0.15, 0.2) is 0 Å². The fourth-order valence-electron chi connectivity index (χ4n) is 8.30. The normalized spacial score (nSPS) is 13.7. The Morgan fingerprint density at radius 1 is 0.377 bits per heavy atom. The number of nitrogens with zero attached hydrogens (tertiary/aromatic N) is 1. The third kappa shape index (κ3) is 61.3. The fraction of sp³-hybridized carbons (Fsp3) is 0.885. The number of ether oxygens (including phenoxy) is 6. The molecule has 0 aliphatic carbocycles. The molecule has 2 atom stereocenters. The molecule has 0 aromatic carbocycles. The van der Waals surface area contributed by atoms with Crippen LogP contribution in [-0.4, -0.2) is 116 Å². The van der Waals surface area contributed by atoms with Gasteiger partial charge in [-0.05, 0) is 78.3 Å². The molecule has 0 radical (unpaired) electrons. The van der Waals surface area contributed by atoms with Gasteiger partial charge in [0.25, 0.3) is 0 Å². The molecule has 0 aromatic heterocycles. The highest BCUT2D eigenvalue weighted by molar-refractivity contribution is 5.71. The lowest BCUT2D eigenvalue weighted by Gasteiger charge is -2.15. The average molecular weight is 1100 g/mol. The van der Waals surface area contributed by atoms with E-state index in [1.54, 1.807) is 0 Å². The fourth-order valence-corrected chi connectivity index (χ4v) is 8.30. The van der Waals surface area contributed by atoms with Crippen LogP contribution in [0.1, 0.15) is 290 Å². The number of rotatable bonds is 51. The molecule has 1 rings (SSSR count). The summed E-state index contributed by atoms with van der Waals surface area (Å²) in [7, 11) is 3.82. The number of carbonyl (C=O) groups is 7. The van der Waals surface area contributed by atoms with E-state index in [4.69, 9.17) is 38.6 Å². The molecule has 0 aromatic rings. The number of hydrogen-bond acceptors (Lipinski definition) is 14. The van der Waals surface area contributed by atoms with Crippen LogP contribution in [0.3, 0.4) is 0 Å². The molecule has 0 bridgehead atoms. The lowest BCUT2D eigenvalue weighted by Crippen LogP contribution is -2.24. The molecule has 1 heterocycles. The highest BCUT2D eigenvalue weighted by Gasteiger charge is 2.29.